The Morgan fingerprint density at radius 3 is 2.37 bits per heavy atom. The summed E-state index contributed by atoms with van der Waals surface area (Å²) in [5.41, 5.74) is 3.71. The first-order valence-electron chi connectivity index (χ1n) is 8.92. The molecule has 3 heteroatoms. The van der Waals surface area contributed by atoms with Crippen molar-refractivity contribution in [2.24, 2.45) is 0 Å². The van der Waals surface area contributed by atoms with Crippen LogP contribution in [0.4, 0.5) is 0 Å². The lowest BCUT2D eigenvalue weighted by Crippen LogP contribution is -2.06. The van der Waals surface area contributed by atoms with Gasteiger partial charge in [-0.2, -0.15) is 0 Å². The summed E-state index contributed by atoms with van der Waals surface area (Å²) in [6.45, 7) is 6.26. The largest absolute Gasteiger partial charge is 0.469 e. The van der Waals surface area contributed by atoms with Crippen LogP contribution >= 0.6 is 0 Å². The molecule has 0 N–H and O–H groups in total. The standard InChI is InChI=1S/C24H20O3/c1-16-9-11-18(12-10-16)23-22(15-17(2)14-19-6-5-13-26-19)20-7-3-4-8-21(20)24(25)27-23/h3-13H,2,14-15H2,1H3. The summed E-state index contributed by atoms with van der Waals surface area (Å²) in [5, 5.41) is 1.50. The van der Waals surface area contributed by atoms with Crippen molar-refractivity contribution in [3.05, 3.63) is 106 Å². The molecule has 0 saturated heterocycles. The predicted octanol–water partition coefficient (Wildman–Crippen LogP) is 5.70. The van der Waals surface area contributed by atoms with E-state index in [9.17, 15) is 4.79 Å². The van der Waals surface area contributed by atoms with Gasteiger partial charge in [0, 0.05) is 17.5 Å². The molecule has 0 aliphatic carbocycles. The average molecular weight is 356 g/mol. The van der Waals surface area contributed by atoms with Gasteiger partial charge in [0.1, 0.15) is 11.5 Å². The molecule has 134 valence electrons. The molecule has 0 aliphatic rings. The number of furan rings is 1. The van der Waals surface area contributed by atoms with Crippen molar-refractivity contribution in [1.29, 1.82) is 0 Å². The molecule has 0 unspecified atom stereocenters. The second-order valence-electron chi connectivity index (χ2n) is 6.79. The summed E-state index contributed by atoms with van der Waals surface area (Å²) in [4.78, 5) is 12.5. The van der Waals surface area contributed by atoms with Crippen LogP contribution in [0.2, 0.25) is 0 Å². The highest BCUT2D eigenvalue weighted by atomic mass is 16.4. The van der Waals surface area contributed by atoms with E-state index in [4.69, 9.17) is 8.83 Å². The van der Waals surface area contributed by atoms with Crippen molar-refractivity contribution in [1.82, 2.24) is 0 Å². The first-order valence-corrected chi connectivity index (χ1v) is 8.92. The number of fused-ring (bicyclic) bond motifs is 1. The molecule has 4 aromatic rings. The smallest absolute Gasteiger partial charge is 0.344 e. The Labute approximate surface area is 157 Å². The summed E-state index contributed by atoms with van der Waals surface area (Å²) in [5.74, 6) is 1.48. The fourth-order valence-electron chi connectivity index (χ4n) is 3.34. The van der Waals surface area contributed by atoms with Gasteiger partial charge in [0.25, 0.3) is 0 Å². The highest BCUT2D eigenvalue weighted by molar-refractivity contribution is 5.89. The number of aryl methyl sites for hydroxylation is 1. The zero-order chi connectivity index (χ0) is 18.8. The Kier molecular flexibility index (Phi) is 4.51. The molecule has 2 aromatic carbocycles. The van der Waals surface area contributed by atoms with Crippen LogP contribution < -0.4 is 5.63 Å². The van der Waals surface area contributed by atoms with Gasteiger partial charge in [-0.25, -0.2) is 4.79 Å². The quantitative estimate of drug-likeness (QED) is 0.431. The third-order valence-electron chi connectivity index (χ3n) is 4.69. The van der Waals surface area contributed by atoms with E-state index in [-0.39, 0.29) is 5.63 Å². The van der Waals surface area contributed by atoms with Gasteiger partial charge in [-0.05, 0) is 36.9 Å². The van der Waals surface area contributed by atoms with Crippen LogP contribution in [0.5, 0.6) is 0 Å². The van der Waals surface area contributed by atoms with E-state index < -0.39 is 0 Å². The Balaban J connectivity index is 1.84. The summed E-state index contributed by atoms with van der Waals surface area (Å²) >= 11 is 0. The van der Waals surface area contributed by atoms with E-state index >= 15 is 0 Å². The molecule has 4 rings (SSSR count). The van der Waals surface area contributed by atoms with Crippen molar-refractivity contribution >= 4 is 10.8 Å². The van der Waals surface area contributed by atoms with Gasteiger partial charge in [0.2, 0.25) is 0 Å². The minimum absolute atomic E-state index is 0.318. The molecule has 0 amide bonds. The molecular weight excluding hydrogens is 336 g/mol. The van der Waals surface area contributed by atoms with E-state index in [1.54, 1.807) is 12.3 Å². The van der Waals surface area contributed by atoms with E-state index in [1.165, 1.54) is 0 Å². The Morgan fingerprint density at radius 2 is 1.67 bits per heavy atom. The van der Waals surface area contributed by atoms with Crippen LogP contribution in [0.1, 0.15) is 16.9 Å². The second-order valence-corrected chi connectivity index (χ2v) is 6.79. The van der Waals surface area contributed by atoms with Gasteiger partial charge in [-0.1, -0.05) is 60.2 Å². The number of rotatable bonds is 5. The maximum atomic E-state index is 12.5. The molecule has 3 nitrogen and oxygen atoms in total. The molecule has 0 fully saturated rings. The summed E-state index contributed by atoms with van der Waals surface area (Å²) in [6.07, 6.45) is 2.92. The van der Waals surface area contributed by atoms with Gasteiger partial charge in [0.15, 0.2) is 0 Å². The lowest BCUT2D eigenvalue weighted by atomic mass is 9.94. The van der Waals surface area contributed by atoms with Crippen LogP contribution in [0.3, 0.4) is 0 Å². The second kappa shape index (κ2) is 7.12. The molecular formula is C24H20O3. The van der Waals surface area contributed by atoms with Crippen molar-refractivity contribution in [2.75, 3.05) is 0 Å². The molecule has 2 heterocycles. The van der Waals surface area contributed by atoms with Crippen molar-refractivity contribution in [3.63, 3.8) is 0 Å². The third kappa shape index (κ3) is 3.49. The van der Waals surface area contributed by atoms with E-state index in [1.807, 2.05) is 61.5 Å². The number of allylic oxidation sites excluding steroid dienone is 1. The summed E-state index contributed by atoms with van der Waals surface area (Å²) in [7, 11) is 0. The van der Waals surface area contributed by atoms with Gasteiger partial charge < -0.3 is 8.83 Å². The van der Waals surface area contributed by atoms with Crippen molar-refractivity contribution in [2.45, 2.75) is 19.8 Å². The number of hydrogen-bond donors (Lipinski definition) is 0. The first kappa shape index (κ1) is 17.1. The fraction of sp³-hybridized carbons (Fsp3) is 0.125. The highest BCUT2D eigenvalue weighted by Crippen LogP contribution is 2.31. The van der Waals surface area contributed by atoms with E-state index in [0.717, 1.165) is 33.4 Å². The minimum atomic E-state index is -0.318. The van der Waals surface area contributed by atoms with Crippen LogP contribution in [0.15, 0.2) is 92.7 Å². The lowest BCUT2D eigenvalue weighted by molar-refractivity contribution is 0.516. The Bertz CT molecular complexity index is 1150. The molecule has 0 spiro atoms. The van der Waals surface area contributed by atoms with Crippen molar-refractivity contribution < 1.29 is 8.83 Å². The average Bonchev–Trinajstić information content (AvgIpc) is 3.17. The Morgan fingerprint density at radius 1 is 0.926 bits per heavy atom. The normalized spacial score (nSPS) is 11.0. The van der Waals surface area contributed by atoms with Crippen LogP contribution in [0.25, 0.3) is 22.1 Å². The SMILES string of the molecule is C=C(Cc1ccco1)Cc1c(-c2ccc(C)cc2)oc(=O)c2ccccc12. The van der Waals surface area contributed by atoms with Crippen LogP contribution in [0, 0.1) is 6.92 Å². The maximum absolute atomic E-state index is 12.5. The predicted molar refractivity (Wildman–Crippen MR) is 108 cm³/mol. The van der Waals surface area contributed by atoms with Crippen LogP contribution in [-0.2, 0) is 12.8 Å². The topological polar surface area (TPSA) is 43.4 Å². The van der Waals surface area contributed by atoms with Gasteiger partial charge in [-0.15, -0.1) is 0 Å². The van der Waals surface area contributed by atoms with E-state index in [2.05, 4.69) is 6.58 Å². The maximum Gasteiger partial charge on any atom is 0.344 e. The molecule has 27 heavy (non-hydrogen) atoms. The molecule has 0 saturated carbocycles. The molecule has 0 radical (unpaired) electrons. The van der Waals surface area contributed by atoms with Gasteiger partial charge in [-0.3, -0.25) is 0 Å². The number of hydrogen-bond acceptors (Lipinski definition) is 3. The fourth-order valence-corrected chi connectivity index (χ4v) is 3.34. The Hall–Kier alpha value is -3.33. The van der Waals surface area contributed by atoms with Crippen molar-refractivity contribution in [3.8, 4) is 11.3 Å². The first-order chi connectivity index (χ1) is 13.1. The summed E-state index contributed by atoms with van der Waals surface area (Å²) < 4.78 is 11.2. The van der Waals surface area contributed by atoms with E-state index in [0.29, 0.717) is 24.0 Å². The van der Waals surface area contributed by atoms with Crippen LogP contribution in [-0.4, -0.2) is 0 Å². The van der Waals surface area contributed by atoms with Gasteiger partial charge >= 0.3 is 5.63 Å². The monoisotopic (exact) mass is 356 g/mol. The lowest BCUT2D eigenvalue weighted by Gasteiger charge is -2.13. The zero-order valence-electron chi connectivity index (χ0n) is 15.2. The minimum Gasteiger partial charge on any atom is -0.469 e. The third-order valence-corrected chi connectivity index (χ3v) is 4.69. The molecule has 2 aromatic heterocycles. The zero-order valence-corrected chi connectivity index (χ0v) is 15.2. The number of benzene rings is 2. The molecule has 0 atom stereocenters. The summed E-state index contributed by atoms with van der Waals surface area (Å²) in [6, 6.07) is 19.4. The highest BCUT2D eigenvalue weighted by Gasteiger charge is 2.16. The molecule has 0 aliphatic heterocycles. The molecule has 0 bridgehead atoms. The van der Waals surface area contributed by atoms with Gasteiger partial charge in [0.05, 0.1) is 11.6 Å².